The van der Waals surface area contributed by atoms with E-state index in [1.807, 2.05) is 30.3 Å². The summed E-state index contributed by atoms with van der Waals surface area (Å²) >= 11 is -0.483. The second-order valence-electron chi connectivity index (χ2n) is 2.72. The lowest BCUT2D eigenvalue weighted by Crippen LogP contribution is -3.67. The maximum Gasteiger partial charge on any atom is 0.355 e. The van der Waals surface area contributed by atoms with Crippen LogP contribution in [-0.2, 0) is 0 Å². The lowest BCUT2D eigenvalue weighted by Gasteiger charge is -1.96. The molecule has 0 radical (unpaired) electrons. The normalized spacial score (nSPS) is 11.5. The van der Waals surface area contributed by atoms with E-state index in [-0.39, 0.29) is 0 Å². The molecule has 0 atom stereocenters. The first-order valence-electron chi connectivity index (χ1n) is 3.48. The zero-order valence-corrected chi connectivity index (χ0v) is 8.80. The Morgan fingerprint density at radius 1 is 1.18 bits per heavy atom. The second kappa shape index (κ2) is 3.52. The highest BCUT2D eigenvalue weighted by atomic mass is 127. The number of rotatable bonds is 2. The van der Waals surface area contributed by atoms with E-state index in [1.165, 1.54) is 3.57 Å². The average molecular weight is 265 g/mol. The van der Waals surface area contributed by atoms with Gasteiger partial charge in [0, 0.05) is 13.8 Å². The van der Waals surface area contributed by atoms with Gasteiger partial charge in [-0.3, -0.25) is 0 Å². The predicted molar refractivity (Wildman–Crippen MR) is 40.3 cm³/mol. The van der Waals surface area contributed by atoms with Crippen molar-refractivity contribution < 1.29 is 25.6 Å². The molecule has 1 rings (SSSR count). The summed E-state index contributed by atoms with van der Waals surface area (Å²) in [4.78, 5) is 0. The van der Waals surface area contributed by atoms with Crippen molar-refractivity contribution in [3.05, 3.63) is 33.9 Å². The maximum atomic E-state index is 13.1. The molecule has 0 unspecified atom stereocenters. The molecular formula is C9H11FI+. The third-order valence-corrected chi connectivity index (χ3v) is 3.69. The molecule has 0 aromatic heterocycles. The summed E-state index contributed by atoms with van der Waals surface area (Å²) in [5, 5.41) is 0. The molecule has 0 fully saturated rings. The van der Waals surface area contributed by atoms with Crippen LogP contribution < -0.4 is 21.2 Å². The van der Waals surface area contributed by atoms with E-state index in [0.717, 1.165) is 0 Å². The Kier molecular flexibility index (Phi) is 2.87. The van der Waals surface area contributed by atoms with Crippen LogP contribution in [0.5, 0.6) is 0 Å². The largest absolute Gasteiger partial charge is 0.355 e. The van der Waals surface area contributed by atoms with Gasteiger partial charge in [-0.15, -0.1) is 0 Å². The number of alkyl halides is 2. The van der Waals surface area contributed by atoms with Gasteiger partial charge in [-0.1, -0.05) is 18.2 Å². The van der Waals surface area contributed by atoms with Crippen LogP contribution in [0.25, 0.3) is 0 Å². The highest BCUT2D eigenvalue weighted by molar-refractivity contribution is 4.99. The zero-order chi connectivity index (χ0) is 8.32. The summed E-state index contributed by atoms with van der Waals surface area (Å²) < 4.78 is 13.3. The Morgan fingerprint density at radius 3 is 2.18 bits per heavy atom. The molecule has 60 valence electrons. The molecule has 0 heterocycles. The van der Waals surface area contributed by atoms with Gasteiger partial charge < -0.3 is 0 Å². The molecule has 0 nitrogen and oxygen atoms in total. The number of halogens is 2. The van der Waals surface area contributed by atoms with Crippen LogP contribution in [0.3, 0.4) is 0 Å². The van der Waals surface area contributed by atoms with Crippen molar-refractivity contribution in [2.75, 3.05) is 0 Å². The molecule has 0 amide bonds. The number of hydrogen-bond donors (Lipinski definition) is 0. The van der Waals surface area contributed by atoms with E-state index < -0.39 is 24.9 Å². The van der Waals surface area contributed by atoms with Gasteiger partial charge in [-0.2, -0.15) is 4.39 Å². The fourth-order valence-corrected chi connectivity index (χ4v) is 2.99. The fraction of sp³-hybridized carbons (Fsp3) is 0.333. The first kappa shape index (κ1) is 8.97. The van der Waals surface area contributed by atoms with Gasteiger partial charge in [-0.25, -0.2) is 0 Å². The van der Waals surface area contributed by atoms with E-state index >= 15 is 0 Å². The van der Waals surface area contributed by atoms with E-state index in [0.29, 0.717) is 0 Å². The Morgan fingerprint density at radius 2 is 1.73 bits per heavy atom. The fourth-order valence-electron chi connectivity index (χ4n) is 0.737. The van der Waals surface area contributed by atoms with E-state index in [9.17, 15) is 4.39 Å². The third kappa shape index (κ3) is 3.70. The predicted octanol–water partition coefficient (Wildman–Crippen LogP) is -0.349. The minimum Gasteiger partial charge on any atom is -0.188 e. The summed E-state index contributed by atoms with van der Waals surface area (Å²) in [5.41, 5.74) is 0. The van der Waals surface area contributed by atoms with Crippen molar-refractivity contribution in [2.45, 2.75) is 17.5 Å². The molecule has 0 aliphatic heterocycles. The van der Waals surface area contributed by atoms with Gasteiger partial charge in [0.1, 0.15) is 0 Å². The molecule has 11 heavy (non-hydrogen) atoms. The maximum absolute atomic E-state index is 13.1. The molecular weight excluding hydrogens is 254 g/mol. The number of benzene rings is 1. The highest BCUT2D eigenvalue weighted by Crippen LogP contribution is 1.91. The summed E-state index contributed by atoms with van der Waals surface area (Å²) in [5.74, 6) is 0. The molecule has 0 saturated heterocycles. The molecule has 0 spiro atoms. The molecule has 1 aromatic carbocycles. The van der Waals surface area contributed by atoms with E-state index in [4.69, 9.17) is 0 Å². The molecule has 0 bridgehead atoms. The van der Waals surface area contributed by atoms with Crippen molar-refractivity contribution in [2.24, 2.45) is 0 Å². The monoisotopic (exact) mass is 265 g/mol. The summed E-state index contributed by atoms with van der Waals surface area (Å²) in [7, 11) is 0. The minimum absolute atomic E-state index is 0.483. The molecule has 0 saturated carbocycles. The lowest BCUT2D eigenvalue weighted by atomic mass is 10.4. The average Bonchev–Trinajstić information content (AvgIpc) is 1.85. The molecule has 0 N–H and O–H groups in total. The van der Waals surface area contributed by atoms with Crippen molar-refractivity contribution in [1.29, 1.82) is 0 Å². The first-order valence-corrected chi connectivity index (χ1v) is 5.64. The molecule has 0 aliphatic rings. The van der Waals surface area contributed by atoms with Crippen molar-refractivity contribution in [1.82, 2.24) is 0 Å². The summed E-state index contributed by atoms with van der Waals surface area (Å²) in [6.07, 6.45) is 0. The van der Waals surface area contributed by atoms with Gasteiger partial charge in [0.15, 0.2) is 3.57 Å². The first-order chi connectivity index (χ1) is 5.08. The van der Waals surface area contributed by atoms with Crippen LogP contribution in [0.1, 0.15) is 13.8 Å². The molecule has 1 aromatic rings. The van der Waals surface area contributed by atoms with Crippen LogP contribution in [0.15, 0.2) is 30.3 Å². The van der Waals surface area contributed by atoms with Gasteiger partial charge in [-0.05, 0) is 12.1 Å². The third-order valence-electron chi connectivity index (χ3n) is 1.07. The van der Waals surface area contributed by atoms with Crippen LogP contribution in [-0.4, -0.2) is 3.68 Å². The highest BCUT2D eigenvalue weighted by Gasteiger charge is 2.34. The van der Waals surface area contributed by atoms with Gasteiger partial charge in [0.05, 0.1) is 0 Å². The van der Waals surface area contributed by atoms with Crippen LogP contribution >= 0.6 is 0 Å². The van der Waals surface area contributed by atoms with Gasteiger partial charge in [0.25, 0.3) is 3.68 Å². The standard InChI is InChI=1S/C9H11FI/c1-9(2,10)11-8-6-4-3-5-7-8/h3-7H,1-2H3/q+1. The molecule has 2 heteroatoms. The molecule has 0 aliphatic carbocycles. The summed E-state index contributed by atoms with van der Waals surface area (Å²) in [6.45, 7) is 3.29. The van der Waals surface area contributed by atoms with Gasteiger partial charge in [0.2, 0.25) is 0 Å². The smallest absolute Gasteiger partial charge is 0.188 e. The summed E-state index contributed by atoms with van der Waals surface area (Å²) in [6, 6.07) is 9.86. The van der Waals surface area contributed by atoms with E-state index in [2.05, 4.69) is 0 Å². The SMILES string of the molecule is CC(C)(F)[I+]c1ccccc1. The Bertz CT molecular complexity index is 213. The van der Waals surface area contributed by atoms with Crippen LogP contribution in [0.4, 0.5) is 4.39 Å². The number of hydrogen-bond acceptors (Lipinski definition) is 0. The Hall–Kier alpha value is -0.120. The quantitative estimate of drug-likeness (QED) is 0.506. The zero-order valence-electron chi connectivity index (χ0n) is 6.64. The van der Waals surface area contributed by atoms with Crippen molar-refractivity contribution in [3.63, 3.8) is 0 Å². The van der Waals surface area contributed by atoms with Crippen molar-refractivity contribution >= 4 is 0 Å². The van der Waals surface area contributed by atoms with Crippen LogP contribution in [0.2, 0.25) is 0 Å². The lowest BCUT2D eigenvalue weighted by molar-refractivity contribution is -0.723. The van der Waals surface area contributed by atoms with Crippen molar-refractivity contribution in [3.8, 4) is 0 Å². The van der Waals surface area contributed by atoms with Crippen LogP contribution in [0, 0.1) is 3.57 Å². The second-order valence-corrected chi connectivity index (χ2v) is 7.07. The van der Waals surface area contributed by atoms with Gasteiger partial charge >= 0.3 is 21.2 Å². The topological polar surface area (TPSA) is 0 Å². The Balaban J connectivity index is 2.66. The minimum atomic E-state index is -0.986. The Labute approximate surface area is 77.1 Å². The van der Waals surface area contributed by atoms with E-state index in [1.54, 1.807) is 13.8 Å².